The second kappa shape index (κ2) is 16.9. The fourth-order valence-electron chi connectivity index (χ4n) is 5.75. The van der Waals surface area contributed by atoms with E-state index in [2.05, 4.69) is 30.2 Å². The quantitative estimate of drug-likeness (QED) is 0.0695. The van der Waals surface area contributed by atoms with Crippen molar-refractivity contribution in [1.82, 2.24) is 50.4 Å². The molecule has 4 aliphatic heterocycles. The maximum absolute atomic E-state index is 12.3. The SMILES string of the molecule is CC(C)(C)OC(=O)n1cnc(CONC(=O)[C@@H]2CC[C@@H]3CN2C(=O)N3O)c1.O=C(NOCc1cnc[nH]1)[C@@H]1CC[C@@H]2CN1C(=O)N2OS(=O)(=O)O.[H-].[Na+]. The number of nitrogens with zero attached hydrogens (tertiary/aromatic N) is 7. The van der Waals surface area contributed by atoms with Crippen LogP contribution in [0.1, 0.15) is 59.3 Å². The topological polar surface area (TPSA) is 280 Å². The Labute approximate surface area is 320 Å². The number of hydrogen-bond donors (Lipinski definition) is 5. The number of carbonyl (C=O) groups excluding carboxylic acids is 5. The number of aromatic nitrogens is 4. The van der Waals surface area contributed by atoms with Crippen LogP contribution in [0.15, 0.2) is 25.0 Å². The van der Waals surface area contributed by atoms with Crippen LogP contribution in [0.4, 0.5) is 14.4 Å². The van der Waals surface area contributed by atoms with Crippen LogP contribution in [0.5, 0.6) is 0 Å². The Kier molecular flexibility index (Phi) is 13.2. The molecule has 4 saturated heterocycles. The van der Waals surface area contributed by atoms with E-state index in [-0.39, 0.29) is 56.8 Å². The molecule has 6 amide bonds. The zero-order valence-electron chi connectivity index (χ0n) is 29.7. The molecule has 6 rings (SSSR count). The van der Waals surface area contributed by atoms with Gasteiger partial charge in [0.05, 0.1) is 36.0 Å². The van der Waals surface area contributed by atoms with Crippen LogP contribution < -0.4 is 40.5 Å². The molecule has 6 heterocycles. The Balaban J connectivity index is 0.000000277. The maximum Gasteiger partial charge on any atom is 1.00 e. The smallest absolute Gasteiger partial charge is 1.00 e. The first kappa shape index (κ1) is 40.9. The summed E-state index contributed by atoms with van der Waals surface area (Å²) in [7, 11) is -4.81. The van der Waals surface area contributed by atoms with Crippen LogP contribution in [-0.2, 0) is 51.9 Å². The number of rotatable bonds is 10. The van der Waals surface area contributed by atoms with Gasteiger partial charge < -0.3 is 20.9 Å². The third-order valence-electron chi connectivity index (χ3n) is 8.04. The van der Waals surface area contributed by atoms with E-state index in [0.717, 1.165) is 0 Å². The molecule has 4 atom stereocenters. The van der Waals surface area contributed by atoms with Crippen molar-refractivity contribution in [3.8, 4) is 0 Å². The van der Waals surface area contributed by atoms with Crippen molar-refractivity contribution in [2.24, 2.45) is 0 Å². The minimum absolute atomic E-state index is 0. The maximum atomic E-state index is 12.3. The fourth-order valence-corrected chi connectivity index (χ4v) is 6.13. The van der Waals surface area contributed by atoms with Gasteiger partial charge in [0, 0.05) is 19.3 Å². The zero-order chi connectivity index (χ0) is 37.1. The normalized spacial score (nSPS) is 22.4. The molecule has 0 unspecified atom stereocenters. The van der Waals surface area contributed by atoms with E-state index in [9.17, 15) is 37.6 Å². The van der Waals surface area contributed by atoms with Gasteiger partial charge in [-0.05, 0) is 46.5 Å². The molecular formula is C27H39N10NaO13S. The van der Waals surface area contributed by atoms with E-state index >= 15 is 0 Å². The number of H-pyrrole nitrogens is 1. The summed E-state index contributed by atoms with van der Waals surface area (Å²) >= 11 is 0. The number of nitrogens with one attached hydrogen (secondary N) is 3. The first-order chi connectivity index (χ1) is 24.0. The molecule has 282 valence electrons. The number of piperidine rings is 2. The molecule has 0 radical (unpaired) electrons. The number of hydrogen-bond acceptors (Lipinski definition) is 14. The van der Waals surface area contributed by atoms with Gasteiger partial charge in [-0.15, -0.1) is 4.28 Å². The third-order valence-corrected chi connectivity index (χ3v) is 8.38. The predicted molar refractivity (Wildman–Crippen MR) is 165 cm³/mol. The summed E-state index contributed by atoms with van der Waals surface area (Å²) in [6.45, 7) is 5.73. The van der Waals surface area contributed by atoms with Crippen LogP contribution >= 0.6 is 0 Å². The van der Waals surface area contributed by atoms with Crippen molar-refractivity contribution in [3.05, 3.63) is 36.4 Å². The Hall–Kier alpha value is -3.88. The molecule has 0 saturated carbocycles. The van der Waals surface area contributed by atoms with Crippen molar-refractivity contribution in [1.29, 1.82) is 0 Å². The molecule has 0 aromatic carbocycles. The van der Waals surface area contributed by atoms with E-state index in [0.29, 0.717) is 53.7 Å². The Morgan fingerprint density at radius 1 is 0.981 bits per heavy atom. The van der Waals surface area contributed by atoms with E-state index in [1.165, 1.54) is 39.4 Å². The van der Waals surface area contributed by atoms with Crippen LogP contribution in [0, 0.1) is 0 Å². The largest absolute Gasteiger partial charge is 1.00 e. The summed E-state index contributed by atoms with van der Waals surface area (Å²) in [5, 5.41) is 10.9. The summed E-state index contributed by atoms with van der Waals surface area (Å²) in [4.78, 5) is 83.7. The molecule has 2 aromatic rings. The fraction of sp³-hybridized carbons (Fsp3) is 0.593. The predicted octanol–water partition coefficient (Wildman–Crippen LogP) is -3.05. The van der Waals surface area contributed by atoms with Crippen LogP contribution in [-0.4, -0.2) is 130 Å². The van der Waals surface area contributed by atoms with Gasteiger partial charge in [-0.2, -0.15) is 13.5 Å². The molecule has 52 heavy (non-hydrogen) atoms. The Morgan fingerprint density at radius 2 is 1.58 bits per heavy atom. The van der Waals surface area contributed by atoms with E-state index in [1.54, 1.807) is 20.8 Å². The van der Waals surface area contributed by atoms with Crippen molar-refractivity contribution in [2.45, 2.75) is 89.4 Å². The Morgan fingerprint density at radius 3 is 2.17 bits per heavy atom. The molecule has 4 bridgehead atoms. The molecule has 25 heteroatoms. The number of imidazole rings is 2. The van der Waals surface area contributed by atoms with E-state index in [1.807, 2.05) is 0 Å². The first-order valence-electron chi connectivity index (χ1n) is 15.6. The number of aromatic amines is 1. The second-order valence-electron chi connectivity index (χ2n) is 12.9. The average Bonchev–Trinajstić information content (AvgIpc) is 3.84. The van der Waals surface area contributed by atoms with Gasteiger partial charge >= 0.3 is 58.1 Å². The van der Waals surface area contributed by atoms with Crippen LogP contribution in [0.25, 0.3) is 0 Å². The van der Waals surface area contributed by atoms with Crippen molar-refractivity contribution in [3.63, 3.8) is 0 Å². The third kappa shape index (κ3) is 10.2. The van der Waals surface area contributed by atoms with Crippen molar-refractivity contribution >= 4 is 40.4 Å². The number of urea groups is 2. The van der Waals surface area contributed by atoms with Crippen molar-refractivity contribution < 1.29 is 91.8 Å². The number of hydroxylamine groups is 6. The minimum Gasteiger partial charge on any atom is -1.00 e. The summed E-state index contributed by atoms with van der Waals surface area (Å²) in [5.74, 6) is -1.00. The van der Waals surface area contributed by atoms with E-state index in [4.69, 9.17) is 19.0 Å². The van der Waals surface area contributed by atoms with Crippen LogP contribution in [0.2, 0.25) is 0 Å². The molecule has 0 spiro atoms. The van der Waals surface area contributed by atoms with Gasteiger partial charge in [-0.1, -0.05) is 0 Å². The van der Waals surface area contributed by atoms with Crippen LogP contribution in [0.3, 0.4) is 0 Å². The number of amides is 6. The molecule has 2 aromatic heterocycles. The van der Waals surface area contributed by atoms with Gasteiger partial charge in [0.2, 0.25) is 0 Å². The summed E-state index contributed by atoms with van der Waals surface area (Å²) in [6.07, 6.45) is 6.81. The number of fused-ring (bicyclic) bond motifs is 4. The average molecular weight is 767 g/mol. The van der Waals surface area contributed by atoms with E-state index < -0.39 is 64.1 Å². The summed E-state index contributed by atoms with van der Waals surface area (Å²) in [6, 6.07) is -3.69. The van der Waals surface area contributed by atoms with Gasteiger partial charge in [0.15, 0.2) is 0 Å². The summed E-state index contributed by atoms with van der Waals surface area (Å²) in [5.41, 5.74) is 5.00. The molecule has 4 aliphatic rings. The standard InChI is InChI=1S/C16H23N5O6.C11H15N5O7S.Na.H/c1-16(2,3)27-15(24)19-6-10(17-9-19)8-26-18-13(22)12-5-4-11-7-20(12)14(23)21(11)25;17-10(14-22-5-7-3-12-6-13-7)9-2-1-8-4-15(9)11(18)16(8)23-24(19,20)21;;/h6,9,11-12,25H,4-5,7-8H2,1-3H3,(H,18,22);3,6,8-9H,1-2,4-5H2,(H,12,13)(H,14,17)(H,19,20,21);;/q;;+1;-1/t11-,12+;8-,9+;;/m11../s1. The minimum atomic E-state index is -4.81. The van der Waals surface area contributed by atoms with Gasteiger partial charge in [-0.25, -0.2) is 44.9 Å². The monoisotopic (exact) mass is 766 g/mol. The molecular weight excluding hydrogens is 727 g/mol. The van der Waals surface area contributed by atoms with Gasteiger partial charge in [0.25, 0.3) is 11.8 Å². The zero-order valence-corrected chi connectivity index (χ0v) is 31.5. The molecule has 0 aliphatic carbocycles. The molecule has 4 fully saturated rings. The molecule has 23 nitrogen and oxygen atoms in total. The Bertz CT molecular complexity index is 1730. The van der Waals surface area contributed by atoms with Gasteiger partial charge in [-0.3, -0.25) is 29.0 Å². The molecule has 5 N–H and O–H groups in total. The number of ether oxygens (including phenoxy) is 1. The van der Waals surface area contributed by atoms with Gasteiger partial charge in [0.1, 0.15) is 37.2 Å². The second-order valence-corrected chi connectivity index (χ2v) is 13.9. The number of carbonyl (C=O) groups is 5. The first-order valence-corrected chi connectivity index (χ1v) is 17.0. The van der Waals surface area contributed by atoms with Crippen molar-refractivity contribution in [2.75, 3.05) is 13.1 Å². The summed E-state index contributed by atoms with van der Waals surface area (Å²) < 4.78 is 41.0.